The van der Waals surface area contributed by atoms with Gasteiger partial charge in [-0.05, 0) is 6.08 Å². The molecule has 0 fully saturated rings. The summed E-state index contributed by atoms with van der Waals surface area (Å²) in [6.07, 6.45) is -10.9. The summed E-state index contributed by atoms with van der Waals surface area (Å²) in [5, 5.41) is 35.7. The van der Waals surface area contributed by atoms with Gasteiger partial charge in [0.05, 0.1) is 11.7 Å². The van der Waals surface area contributed by atoms with Gasteiger partial charge >= 0.3 is 12.1 Å². The SMILES string of the molecule is O=C(O)C1=C[C@@H](O)[C@@H](O)[C@H](O)[C@H]1C(F)(F)F. The molecule has 0 radical (unpaired) electrons. The van der Waals surface area contributed by atoms with Crippen LogP contribution in [0.25, 0.3) is 0 Å². The van der Waals surface area contributed by atoms with E-state index in [1.165, 1.54) is 0 Å². The molecule has 0 aromatic heterocycles. The number of carbonyl (C=O) groups is 1. The van der Waals surface area contributed by atoms with Crippen molar-refractivity contribution in [3.63, 3.8) is 0 Å². The molecule has 8 heteroatoms. The first-order valence-electron chi connectivity index (χ1n) is 4.22. The Kier molecular flexibility index (Phi) is 3.27. The van der Waals surface area contributed by atoms with Gasteiger partial charge in [-0.15, -0.1) is 0 Å². The van der Waals surface area contributed by atoms with Gasteiger partial charge in [0.25, 0.3) is 0 Å². The summed E-state index contributed by atoms with van der Waals surface area (Å²) >= 11 is 0. The van der Waals surface area contributed by atoms with Crippen molar-refractivity contribution in [3.05, 3.63) is 11.6 Å². The van der Waals surface area contributed by atoms with Crippen LogP contribution in [0.3, 0.4) is 0 Å². The van der Waals surface area contributed by atoms with E-state index in [1.54, 1.807) is 0 Å². The highest BCUT2D eigenvalue weighted by Crippen LogP contribution is 2.39. The second kappa shape index (κ2) is 4.04. The highest BCUT2D eigenvalue weighted by atomic mass is 19.4. The summed E-state index contributed by atoms with van der Waals surface area (Å²) in [6, 6.07) is 0. The monoisotopic (exact) mass is 242 g/mol. The predicted molar refractivity (Wildman–Crippen MR) is 43.3 cm³/mol. The Bertz CT molecular complexity index is 324. The first-order chi connectivity index (χ1) is 7.16. The molecule has 0 aromatic carbocycles. The highest BCUT2D eigenvalue weighted by molar-refractivity contribution is 5.88. The van der Waals surface area contributed by atoms with Gasteiger partial charge in [0.2, 0.25) is 0 Å². The molecule has 0 aliphatic heterocycles. The van der Waals surface area contributed by atoms with Crippen molar-refractivity contribution in [2.75, 3.05) is 0 Å². The number of hydrogen-bond donors (Lipinski definition) is 4. The van der Waals surface area contributed by atoms with E-state index in [9.17, 15) is 18.0 Å². The van der Waals surface area contributed by atoms with Crippen molar-refractivity contribution in [1.82, 2.24) is 0 Å². The molecule has 5 nitrogen and oxygen atoms in total. The average Bonchev–Trinajstić information content (AvgIpc) is 2.10. The molecule has 1 aliphatic rings. The predicted octanol–water partition coefficient (Wildman–Crippen LogP) is -0.728. The fourth-order valence-electron chi connectivity index (χ4n) is 1.54. The number of rotatable bonds is 1. The molecule has 16 heavy (non-hydrogen) atoms. The molecule has 0 amide bonds. The van der Waals surface area contributed by atoms with Gasteiger partial charge in [0.15, 0.2) is 0 Å². The lowest BCUT2D eigenvalue weighted by molar-refractivity contribution is -0.212. The highest BCUT2D eigenvalue weighted by Gasteiger charge is 2.54. The molecular formula is C8H9F3O5. The Morgan fingerprint density at radius 2 is 1.69 bits per heavy atom. The normalized spacial score (nSPS) is 35.8. The van der Waals surface area contributed by atoms with Crippen LogP contribution in [0.15, 0.2) is 11.6 Å². The third-order valence-corrected chi connectivity index (χ3v) is 2.33. The summed E-state index contributed by atoms with van der Waals surface area (Å²) in [5.41, 5.74) is -1.17. The lowest BCUT2D eigenvalue weighted by atomic mass is 9.81. The molecule has 1 aliphatic carbocycles. The summed E-state index contributed by atoms with van der Waals surface area (Å²) in [7, 11) is 0. The topological polar surface area (TPSA) is 98.0 Å². The van der Waals surface area contributed by atoms with Crippen LogP contribution in [0.5, 0.6) is 0 Å². The molecule has 4 N–H and O–H groups in total. The largest absolute Gasteiger partial charge is 0.478 e. The summed E-state index contributed by atoms with van der Waals surface area (Å²) in [4.78, 5) is 10.5. The van der Waals surface area contributed by atoms with E-state index in [0.717, 1.165) is 0 Å². The lowest BCUT2D eigenvalue weighted by Gasteiger charge is -2.34. The average molecular weight is 242 g/mol. The molecule has 0 heterocycles. The Morgan fingerprint density at radius 1 is 1.19 bits per heavy atom. The smallest absolute Gasteiger partial charge is 0.398 e. The maximum atomic E-state index is 12.4. The number of alkyl halides is 3. The molecule has 0 aromatic rings. The van der Waals surface area contributed by atoms with Crippen molar-refractivity contribution < 1.29 is 38.4 Å². The lowest BCUT2D eigenvalue weighted by Crippen LogP contribution is -2.51. The van der Waals surface area contributed by atoms with E-state index in [4.69, 9.17) is 20.4 Å². The zero-order valence-corrected chi connectivity index (χ0v) is 7.72. The minimum atomic E-state index is -5.01. The molecule has 4 atom stereocenters. The Labute approximate surface area is 87.4 Å². The van der Waals surface area contributed by atoms with Gasteiger partial charge in [0, 0.05) is 0 Å². The van der Waals surface area contributed by atoms with Crippen LogP contribution in [0, 0.1) is 5.92 Å². The van der Waals surface area contributed by atoms with E-state index in [0.29, 0.717) is 6.08 Å². The van der Waals surface area contributed by atoms with Crippen LogP contribution in [-0.4, -0.2) is 50.9 Å². The quantitative estimate of drug-likeness (QED) is 0.486. The van der Waals surface area contributed by atoms with E-state index in [2.05, 4.69) is 0 Å². The van der Waals surface area contributed by atoms with E-state index in [1.807, 2.05) is 0 Å². The molecule has 0 bridgehead atoms. The van der Waals surface area contributed by atoms with Gasteiger partial charge in [-0.3, -0.25) is 0 Å². The number of halogens is 3. The van der Waals surface area contributed by atoms with Crippen LogP contribution in [0.1, 0.15) is 0 Å². The fourth-order valence-corrected chi connectivity index (χ4v) is 1.54. The van der Waals surface area contributed by atoms with Gasteiger partial charge in [-0.25, -0.2) is 4.79 Å². The third-order valence-electron chi connectivity index (χ3n) is 2.33. The van der Waals surface area contributed by atoms with Gasteiger partial charge in [-0.1, -0.05) is 0 Å². The summed E-state index contributed by atoms with van der Waals surface area (Å²) in [5.74, 6) is -4.60. The van der Waals surface area contributed by atoms with Crippen molar-refractivity contribution in [1.29, 1.82) is 0 Å². The third kappa shape index (κ3) is 2.18. The van der Waals surface area contributed by atoms with Crippen molar-refractivity contribution in [3.8, 4) is 0 Å². The Hall–Kier alpha value is -1.12. The Morgan fingerprint density at radius 3 is 2.06 bits per heavy atom. The minimum absolute atomic E-state index is 0.387. The number of hydrogen-bond acceptors (Lipinski definition) is 4. The number of carboxylic acid groups (broad SMARTS) is 1. The zero-order valence-electron chi connectivity index (χ0n) is 7.72. The minimum Gasteiger partial charge on any atom is -0.478 e. The van der Waals surface area contributed by atoms with E-state index >= 15 is 0 Å². The van der Waals surface area contributed by atoms with Crippen LogP contribution in [-0.2, 0) is 4.79 Å². The van der Waals surface area contributed by atoms with Crippen molar-refractivity contribution in [2.24, 2.45) is 5.92 Å². The number of aliphatic carboxylic acids is 1. The summed E-state index contributed by atoms with van der Waals surface area (Å²) in [6.45, 7) is 0. The van der Waals surface area contributed by atoms with Crippen LogP contribution >= 0.6 is 0 Å². The van der Waals surface area contributed by atoms with Crippen LogP contribution in [0.2, 0.25) is 0 Å². The van der Waals surface area contributed by atoms with Gasteiger partial charge in [-0.2, -0.15) is 13.2 Å². The van der Waals surface area contributed by atoms with Gasteiger partial charge in [0.1, 0.15) is 18.1 Å². The molecular weight excluding hydrogens is 233 g/mol. The second-order valence-electron chi connectivity index (χ2n) is 3.42. The Balaban J connectivity index is 3.20. The number of aliphatic hydroxyl groups excluding tert-OH is 3. The van der Waals surface area contributed by atoms with Crippen molar-refractivity contribution in [2.45, 2.75) is 24.5 Å². The molecule has 0 spiro atoms. The van der Waals surface area contributed by atoms with Crippen LogP contribution < -0.4 is 0 Å². The maximum absolute atomic E-state index is 12.4. The zero-order chi connectivity index (χ0) is 12.7. The molecule has 0 saturated carbocycles. The second-order valence-corrected chi connectivity index (χ2v) is 3.42. The summed E-state index contributed by atoms with van der Waals surface area (Å²) < 4.78 is 37.3. The number of carboxylic acids is 1. The molecule has 92 valence electrons. The fraction of sp³-hybridized carbons (Fsp3) is 0.625. The van der Waals surface area contributed by atoms with Gasteiger partial charge < -0.3 is 20.4 Å². The molecule has 0 unspecified atom stereocenters. The first kappa shape index (κ1) is 12.9. The van der Waals surface area contributed by atoms with E-state index < -0.39 is 41.9 Å². The molecule has 0 saturated heterocycles. The van der Waals surface area contributed by atoms with Crippen LogP contribution in [0.4, 0.5) is 13.2 Å². The maximum Gasteiger partial charge on any atom is 0.398 e. The van der Waals surface area contributed by atoms with Crippen molar-refractivity contribution >= 4 is 5.97 Å². The van der Waals surface area contributed by atoms with E-state index in [-0.39, 0.29) is 0 Å². The molecule has 1 rings (SSSR count). The number of aliphatic hydroxyl groups is 3. The standard InChI is InChI=1S/C8H9F3O5/c9-8(10,11)4-2(7(15)16)1-3(12)5(13)6(4)14/h1,3-6,12-14H,(H,15,16)/t3-,4+,5-,6-/m1/s1. The first-order valence-corrected chi connectivity index (χ1v) is 4.22.